The molecule has 1 heterocycles. The minimum atomic E-state index is -1.27. The van der Waals surface area contributed by atoms with Crippen LogP contribution in [0.1, 0.15) is 22.0 Å². The number of nitrogens with zero attached hydrogens (tertiary/aromatic N) is 1. The number of carbonyl (C=O) groups is 2. The van der Waals surface area contributed by atoms with E-state index in [9.17, 15) is 18.4 Å². The van der Waals surface area contributed by atoms with Crippen molar-refractivity contribution in [3.05, 3.63) is 65.2 Å². The number of hydrogen-bond acceptors (Lipinski definition) is 4. The SMILES string of the molecule is O=C(O)c1ccc(NC(=O)C(c2ccccc2F)N2CCOCC2)c(F)c1. The molecule has 2 aromatic carbocycles. The Hall–Kier alpha value is -2.84. The molecule has 0 bridgehead atoms. The molecule has 1 aliphatic heterocycles. The number of hydrogen-bond donors (Lipinski definition) is 2. The van der Waals surface area contributed by atoms with Crippen LogP contribution in [0.25, 0.3) is 0 Å². The molecule has 142 valence electrons. The number of rotatable bonds is 5. The molecule has 2 aromatic rings. The summed E-state index contributed by atoms with van der Waals surface area (Å²) in [5.74, 6) is -3.29. The van der Waals surface area contributed by atoms with Crippen LogP contribution in [0.15, 0.2) is 42.5 Å². The van der Waals surface area contributed by atoms with E-state index in [1.807, 2.05) is 0 Å². The van der Waals surface area contributed by atoms with Gasteiger partial charge < -0.3 is 15.2 Å². The van der Waals surface area contributed by atoms with Crippen molar-refractivity contribution < 1.29 is 28.2 Å². The Bertz CT molecular complexity index is 853. The maximum Gasteiger partial charge on any atom is 0.335 e. The number of ether oxygens (including phenoxy) is 1. The Kier molecular flexibility index (Phi) is 5.78. The van der Waals surface area contributed by atoms with Crippen LogP contribution < -0.4 is 5.32 Å². The van der Waals surface area contributed by atoms with E-state index in [2.05, 4.69) is 5.32 Å². The Morgan fingerprint density at radius 1 is 1.07 bits per heavy atom. The molecular formula is C19H18F2N2O4. The highest BCUT2D eigenvalue weighted by Gasteiger charge is 2.31. The van der Waals surface area contributed by atoms with Gasteiger partial charge in [-0.25, -0.2) is 13.6 Å². The van der Waals surface area contributed by atoms with Crippen LogP contribution >= 0.6 is 0 Å². The Balaban J connectivity index is 1.89. The van der Waals surface area contributed by atoms with Gasteiger partial charge in [0.25, 0.3) is 0 Å². The van der Waals surface area contributed by atoms with Crippen LogP contribution in [0.2, 0.25) is 0 Å². The minimum Gasteiger partial charge on any atom is -0.478 e. The molecule has 1 atom stereocenters. The van der Waals surface area contributed by atoms with Crippen molar-refractivity contribution in [2.45, 2.75) is 6.04 Å². The van der Waals surface area contributed by atoms with Gasteiger partial charge in [0.1, 0.15) is 17.7 Å². The Morgan fingerprint density at radius 2 is 1.78 bits per heavy atom. The Labute approximate surface area is 154 Å². The molecule has 1 amide bonds. The summed E-state index contributed by atoms with van der Waals surface area (Å²) in [6, 6.07) is 8.15. The van der Waals surface area contributed by atoms with Crippen molar-refractivity contribution in [2.24, 2.45) is 0 Å². The van der Waals surface area contributed by atoms with E-state index >= 15 is 0 Å². The van der Waals surface area contributed by atoms with Crippen LogP contribution in [0.5, 0.6) is 0 Å². The van der Waals surface area contributed by atoms with E-state index in [4.69, 9.17) is 9.84 Å². The summed E-state index contributed by atoms with van der Waals surface area (Å²) in [5.41, 5.74) is -0.219. The van der Waals surface area contributed by atoms with Gasteiger partial charge in [0.2, 0.25) is 5.91 Å². The first-order valence-corrected chi connectivity index (χ1v) is 8.37. The van der Waals surface area contributed by atoms with Gasteiger partial charge in [-0.2, -0.15) is 0 Å². The number of amides is 1. The molecule has 1 saturated heterocycles. The molecule has 0 spiro atoms. The minimum absolute atomic E-state index is 0.167. The molecule has 8 heteroatoms. The fourth-order valence-corrected chi connectivity index (χ4v) is 2.99. The summed E-state index contributed by atoms with van der Waals surface area (Å²) >= 11 is 0. The standard InChI is InChI=1S/C19H18F2N2O4/c20-14-4-2-1-3-13(14)17(23-7-9-27-10-8-23)18(24)22-16-6-5-12(19(25)26)11-15(16)21/h1-6,11,17H,7-10H2,(H,22,24)(H,25,26). The molecule has 0 saturated carbocycles. The van der Waals surface area contributed by atoms with Gasteiger partial charge in [-0.1, -0.05) is 18.2 Å². The van der Waals surface area contributed by atoms with E-state index in [0.717, 1.165) is 6.07 Å². The van der Waals surface area contributed by atoms with E-state index in [-0.39, 0.29) is 16.8 Å². The molecule has 1 fully saturated rings. The second-order valence-corrected chi connectivity index (χ2v) is 6.06. The molecule has 2 N–H and O–H groups in total. The van der Waals surface area contributed by atoms with Crippen LogP contribution in [0, 0.1) is 11.6 Å². The predicted molar refractivity (Wildman–Crippen MR) is 93.5 cm³/mol. The summed E-state index contributed by atoms with van der Waals surface area (Å²) in [4.78, 5) is 25.6. The molecule has 1 aliphatic rings. The first-order valence-electron chi connectivity index (χ1n) is 8.37. The van der Waals surface area contributed by atoms with E-state index in [1.165, 1.54) is 30.3 Å². The highest BCUT2D eigenvalue weighted by atomic mass is 19.1. The fraction of sp³-hybridized carbons (Fsp3) is 0.263. The van der Waals surface area contributed by atoms with Crippen LogP contribution in [-0.2, 0) is 9.53 Å². The zero-order chi connectivity index (χ0) is 19.4. The largest absolute Gasteiger partial charge is 0.478 e. The zero-order valence-corrected chi connectivity index (χ0v) is 14.3. The summed E-state index contributed by atoms with van der Waals surface area (Å²) in [6.45, 7) is 1.65. The lowest BCUT2D eigenvalue weighted by molar-refractivity contribution is -0.123. The smallest absolute Gasteiger partial charge is 0.335 e. The molecule has 1 unspecified atom stereocenters. The van der Waals surface area contributed by atoms with Crippen molar-refractivity contribution in [3.8, 4) is 0 Å². The first-order chi connectivity index (χ1) is 13.0. The van der Waals surface area contributed by atoms with Crippen LogP contribution in [0.4, 0.5) is 14.5 Å². The van der Waals surface area contributed by atoms with Gasteiger partial charge in [-0.05, 0) is 24.3 Å². The molecule has 0 aliphatic carbocycles. The van der Waals surface area contributed by atoms with Gasteiger partial charge in [0.15, 0.2) is 0 Å². The average Bonchev–Trinajstić information content (AvgIpc) is 2.66. The van der Waals surface area contributed by atoms with Crippen molar-refractivity contribution in [2.75, 3.05) is 31.6 Å². The maximum absolute atomic E-state index is 14.3. The quantitative estimate of drug-likeness (QED) is 0.839. The van der Waals surface area contributed by atoms with E-state index < -0.39 is 29.6 Å². The van der Waals surface area contributed by atoms with Gasteiger partial charge >= 0.3 is 5.97 Å². The topological polar surface area (TPSA) is 78.9 Å². The number of aromatic carboxylic acids is 1. The second-order valence-electron chi connectivity index (χ2n) is 6.06. The number of halogens is 2. The van der Waals surface area contributed by atoms with Gasteiger partial charge in [-0.15, -0.1) is 0 Å². The molecule has 27 heavy (non-hydrogen) atoms. The first kappa shape index (κ1) is 18.9. The molecule has 6 nitrogen and oxygen atoms in total. The van der Waals surface area contributed by atoms with Crippen LogP contribution in [-0.4, -0.2) is 48.2 Å². The molecule has 3 rings (SSSR count). The Morgan fingerprint density at radius 3 is 2.41 bits per heavy atom. The summed E-state index contributed by atoms with van der Waals surface area (Å²) in [7, 11) is 0. The van der Waals surface area contributed by atoms with E-state index in [1.54, 1.807) is 11.0 Å². The second kappa shape index (κ2) is 8.24. The monoisotopic (exact) mass is 376 g/mol. The lowest BCUT2D eigenvalue weighted by Gasteiger charge is -2.34. The van der Waals surface area contributed by atoms with Gasteiger partial charge in [0.05, 0.1) is 24.5 Å². The summed E-state index contributed by atoms with van der Waals surface area (Å²) in [6.07, 6.45) is 0. The third-order valence-electron chi connectivity index (χ3n) is 4.33. The maximum atomic E-state index is 14.3. The average molecular weight is 376 g/mol. The number of benzene rings is 2. The lowest BCUT2D eigenvalue weighted by Crippen LogP contribution is -2.44. The van der Waals surface area contributed by atoms with Crippen molar-refractivity contribution in [1.82, 2.24) is 4.90 Å². The molecular weight excluding hydrogens is 358 g/mol. The number of carboxylic acids is 1. The number of anilines is 1. The van der Waals surface area contributed by atoms with E-state index in [0.29, 0.717) is 26.3 Å². The zero-order valence-electron chi connectivity index (χ0n) is 14.3. The molecule has 0 aromatic heterocycles. The summed E-state index contributed by atoms with van der Waals surface area (Å²) < 4.78 is 33.8. The summed E-state index contributed by atoms with van der Waals surface area (Å²) in [5, 5.41) is 11.3. The molecule has 0 radical (unpaired) electrons. The van der Waals surface area contributed by atoms with Crippen molar-refractivity contribution >= 4 is 17.6 Å². The van der Waals surface area contributed by atoms with Gasteiger partial charge in [-0.3, -0.25) is 9.69 Å². The van der Waals surface area contributed by atoms with Crippen molar-refractivity contribution in [1.29, 1.82) is 0 Å². The third-order valence-corrected chi connectivity index (χ3v) is 4.33. The van der Waals surface area contributed by atoms with Crippen LogP contribution in [0.3, 0.4) is 0 Å². The normalized spacial score (nSPS) is 15.9. The lowest BCUT2D eigenvalue weighted by atomic mass is 10.0. The third kappa shape index (κ3) is 4.29. The number of morpholine rings is 1. The van der Waals surface area contributed by atoms with Crippen molar-refractivity contribution in [3.63, 3.8) is 0 Å². The number of carbonyl (C=O) groups excluding carboxylic acids is 1. The number of nitrogens with one attached hydrogen (secondary N) is 1. The highest BCUT2D eigenvalue weighted by molar-refractivity contribution is 5.96. The predicted octanol–water partition coefficient (Wildman–Crippen LogP) is 2.68. The fourth-order valence-electron chi connectivity index (χ4n) is 2.99. The number of carboxylic acid groups (broad SMARTS) is 1. The van der Waals surface area contributed by atoms with Gasteiger partial charge in [0, 0.05) is 18.7 Å². The highest BCUT2D eigenvalue weighted by Crippen LogP contribution is 2.27.